The molecule has 0 spiro atoms. The topological polar surface area (TPSA) is 32.3 Å². The van der Waals surface area contributed by atoms with Crippen LogP contribution in [0.1, 0.15) is 20.3 Å². The van der Waals surface area contributed by atoms with Crippen molar-refractivity contribution in [3.63, 3.8) is 0 Å². The Balaban J connectivity index is 2.29. The van der Waals surface area contributed by atoms with E-state index in [4.69, 9.17) is 11.6 Å². The summed E-state index contributed by atoms with van der Waals surface area (Å²) in [4.78, 5) is 13.3. The Morgan fingerprint density at radius 1 is 1.69 bits per heavy atom. The molecule has 1 heterocycles. The molecule has 4 heteroatoms. The van der Waals surface area contributed by atoms with Gasteiger partial charge < -0.3 is 5.32 Å². The molecule has 1 saturated heterocycles. The highest BCUT2D eigenvalue weighted by molar-refractivity contribution is 6.27. The second-order valence-electron chi connectivity index (χ2n) is 3.78. The third-order valence-corrected chi connectivity index (χ3v) is 2.68. The SMILES string of the molecule is CC(C)N1CC[C@@H](NC(=O)CCl)C1. The number of amides is 1. The number of nitrogens with zero attached hydrogens (tertiary/aromatic N) is 1. The van der Waals surface area contributed by atoms with Gasteiger partial charge >= 0.3 is 0 Å². The van der Waals surface area contributed by atoms with Gasteiger partial charge in [-0.2, -0.15) is 0 Å². The molecule has 0 radical (unpaired) electrons. The third kappa shape index (κ3) is 3.16. The lowest BCUT2D eigenvalue weighted by Crippen LogP contribution is -2.39. The summed E-state index contributed by atoms with van der Waals surface area (Å²) in [5.74, 6) is 0.00956. The van der Waals surface area contributed by atoms with Gasteiger partial charge in [-0.1, -0.05) is 0 Å². The van der Waals surface area contributed by atoms with Crippen molar-refractivity contribution in [1.29, 1.82) is 0 Å². The van der Waals surface area contributed by atoms with Gasteiger partial charge in [0.1, 0.15) is 5.88 Å². The van der Waals surface area contributed by atoms with Crippen molar-refractivity contribution >= 4 is 17.5 Å². The summed E-state index contributed by atoms with van der Waals surface area (Å²) in [6, 6.07) is 0.867. The van der Waals surface area contributed by atoms with Crippen LogP contribution >= 0.6 is 11.6 Å². The third-order valence-electron chi connectivity index (χ3n) is 2.44. The fourth-order valence-electron chi connectivity index (χ4n) is 1.64. The van der Waals surface area contributed by atoms with Crippen molar-refractivity contribution in [1.82, 2.24) is 10.2 Å². The van der Waals surface area contributed by atoms with Gasteiger partial charge in [0.2, 0.25) is 5.91 Å². The maximum Gasteiger partial charge on any atom is 0.235 e. The van der Waals surface area contributed by atoms with E-state index < -0.39 is 0 Å². The van der Waals surface area contributed by atoms with Crippen molar-refractivity contribution in [2.24, 2.45) is 0 Å². The summed E-state index contributed by atoms with van der Waals surface area (Å²) in [5.41, 5.74) is 0. The number of alkyl halides is 1. The molecule has 0 bridgehead atoms. The molecule has 1 fully saturated rings. The molecule has 0 aliphatic carbocycles. The minimum absolute atomic E-state index is 0.0581. The zero-order valence-electron chi connectivity index (χ0n) is 8.22. The predicted octanol–water partition coefficient (Wildman–Crippen LogP) is 0.824. The van der Waals surface area contributed by atoms with Crippen molar-refractivity contribution in [3.8, 4) is 0 Å². The van der Waals surface area contributed by atoms with Gasteiger partial charge in [-0.25, -0.2) is 0 Å². The van der Waals surface area contributed by atoms with Crippen LogP contribution < -0.4 is 5.32 Å². The van der Waals surface area contributed by atoms with Crippen LogP contribution in [0.3, 0.4) is 0 Å². The van der Waals surface area contributed by atoms with Crippen LogP contribution in [0.5, 0.6) is 0 Å². The smallest absolute Gasteiger partial charge is 0.235 e. The largest absolute Gasteiger partial charge is 0.351 e. The van der Waals surface area contributed by atoms with Crippen LogP contribution in [0.4, 0.5) is 0 Å². The van der Waals surface area contributed by atoms with Gasteiger partial charge in [-0.15, -0.1) is 11.6 Å². The lowest BCUT2D eigenvalue weighted by molar-refractivity contribution is -0.119. The molecule has 0 unspecified atom stereocenters. The summed E-state index contributed by atoms with van der Waals surface area (Å²) in [6.45, 7) is 6.38. The Labute approximate surface area is 84.4 Å². The van der Waals surface area contributed by atoms with E-state index in [2.05, 4.69) is 24.1 Å². The zero-order valence-corrected chi connectivity index (χ0v) is 8.97. The Morgan fingerprint density at radius 2 is 2.38 bits per heavy atom. The highest BCUT2D eigenvalue weighted by Gasteiger charge is 2.24. The van der Waals surface area contributed by atoms with Crippen molar-refractivity contribution < 1.29 is 4.79 Å². The number of hydrogen-bond acceptors (Lipinski definition) is 2. The van der Waals surface area contributed by atoms with Crippen LogP contribution in [-0.2, 0) is 4.79 Å². The molecule has 1 aliphatic rings. The van der Waals surface area contributed by atoms with E-state index in [1.165, 1.54) is 0 Å². The van der Waals surface area contributed by atoms with Gasteiger partial charge in [0.25, 0.3) is 0 Å². The van der Waals surface area contributed by atoms with E-state index in [0.29, 0.717) is 12.1 Å². The van der Waals surface area contributed by atoms with E-state index in [1.807, 2.05) is 0 Å². The van der Waals surface area contributed by atoms with E-state index in [9.17, 15) is 4.79 Å². The van der Waals surface area contributed by atoms with Crippen LogP contribution in [-0.4, -0.2) is 41.9 Å². The highest BCUT2D eigenvalue weighted by atomic mass is 35.5. The van der Waals surface area contributed by atoms with Gasteiger partial charge in [-0.3, -0.25) is 9.69 Å². The summed E-state index contributed by atoms with van der Waals surface area (Å²) in [6.07, 6.45) is 1.04. The fourth-order valence-corrected chi connectivity index (χ4v) is 1.72. The maximum atomic E-state index is 11.0. The molecule has 76 valence electrons. The molecule has 1 rings (SSSR count). The molecule has 0 aromatic rings. The fraction of sp³-hybridized carbons (Fsp3) is 0.889. The van der Waals surface area contributed by atoms with Crippen LogP contribution in [0.25, 0.3) is 0 Å². The first-order valence-corrected chi connectivity index (χ1v) is 5.26. The van der Waals surface area contributed by atoms with Crippen molar-refractivity contribution in [2.75, 3.05) is 19.0 Å². The Morgan fingerprint density at radius 3 is 2.85 bits per heavy atom. The minimum atomic E-state index is -0.0581. The number of rotatable bonds is 3. The molecular formula is C9H17ClN2O. The highest BCUT2D eigenvalue weighted by Crippen LogP contribution is 2.11. The average molecular weight is 205 g/mol. The lowest BCUT2D eigenvalue weighted by Gasteiger charge is -2.20. The van der Waals surface area contributed by atoms with Crippen LogP contribution in [0, 0.1) is 0 Å². The summed E-state index contributed by atoms with van der Waals surface area (Å²) >= 11 is 5.40. The number of nitrogens with one attached hydrogen (secondary N) is 1. The van der Waals surface area contributed by atoms with Crippen molar-refractivity contribution in [2.45, 2.75) is 32.4 Å². The average Bonchev–Trinajstić information content (AvgIpc) is 2.52. The van der Waals surface area contributed by atoms with E-state index >= 15 is 0 Å². The Kier molecular flexibility index (Phi) is 4.00. The summed E-state index contributed by atoms with van der Waals surface area (Å²) < 4.78 is 0. The molecule has 0 aromatic carbocycles. The standard InChI is InChI=1S/C9H17ClN2O/c1-7(2)12-4-3-8(6-12)11-9(13)5-10/h7-8H,3-6H2,1-2H3,(H,11,13)/t8-/m1/s1. The molecular weight excluding hydrogens is 188 g/mol. The van der Waals surface area contributed by atoms with E-state index in [-0.39, 0.29) is 11.8 Å². The molecule has 1 N–H and O–H groups in total. The Hall–Kier alpha value is -0.280. The summed E-state index contributed by atoms with van der Waals surface area (Å²) in [5, 5.41) is 2.90. The molecule has 1 aliphatic heterocycles. The zero-order chi connectivity index (χ0) is 9.84. The van der Waals surface area contributed by atoms with Gasteiger partial charge in [0.15, 0.2) is 0 Å². The molecule has 1 amide bonds. The minimum Gasteiger partial charge on any atom is -0.351 e. The normalized spacial score (nSPS) is 23.8. The predicted molar refractivity (Wildman–Crippen MR) is 54.0 cm³/mol. The molecule has 13 heavy (non-hydrogen) atoms. The molecule has 0 saturated carbocycles. The van der Waals surface area contributed by atoms with E-state index in [1.54, 1.807) is 0 Å². The van der Waals surface area contributed by atoms with Crippen molar-refractivity contribution in [3.05, 3.63) is 0 Å². The number of carbonyl (C=O) groups is 1. The number of carbonyl (C=O) groups excluding carboxylic acids is 1. The molecule has 0 aromatic heterocycles. The van der Waals surface area contributed by atoms with Crippen LogP contribution in [0.15, 0.2) is 0 Å². The first-order chi connectivity index (χ1) is 6.13. The summed E-state index contributed by atoms with van der Waals surface area (Å²) in [7, 11) is 0. The first-order valence-electron chi connectivity index (χ1n) is 4.73. The number of halogens is 1. The molecule has 3 nitrogen and oxygen atoms in total. The van der Waals surface area contributed by atoms with Gasteiger partial charge in [0.05, 0.1) is 0 Å². The second-order valence-corrected chi connectivity index (χ2v) is 4.04. The number of hydrogen-bond donors (Lipinski definition) is 1. The second kappa shape index (κ2) is 4.82. The maximum absolute atomic E-state index is 11.0. The lowest BCUT2D eigenvalue weighted by atomic mass is 10.2. The quantitative estimate of drug-likeness (QED) is 0.691. The van der Waals surface area contributed by atoms with Gasteiger partial charge in [0, 0.05) is 25.2 Å². The van der Waals surface area contributed by atoms with Crippen LogP contribution in [0.2, 0.25) is 0 Å². The van der Waals surface area contributed by atoms with Gasteiger partial charge in [-0.05, 0) is 20.3 Å². The first kappa shape index (κ1) is 10.8. The molecule has 1 atom stereocenters. The Bertz CT molecular complexity index is 184. The number of likely N-dealkylation sites (tertiary alicyclic amines) is 1. The monoisotopic (exact) mass is 204 g/mol. The van der Waals surface area contributed by atoms with E-state index in [0.717, 1.165) is 19.5 Å².